The molecule has 0 atom stereocenters. The Labute approximate surface area is 147 Å². The van der Waals surface area contributed by atoms with E-state index in [1.54, 1.807) is 0 Å². The Hall–Kier alpha value is -1.78. The molecule has 3 nitrogen and oxygen atoms in total. The predicted octanol–water partition coefficient (Wildman–Crippen LogP) is 4.51. The van der Waals surface area contributed by atoms with Crippen LogP contribution in [-0.4, -0.2) is 21.4 Å². The molecule has 1 aromatic carbocycles. The zero-order valence-corrected chi connectivity index (χ0v) is 15.2. The van der Waals surface area contributed by atoms with E-state index in [-0.39, 0.29) is 0 Å². The first-order valence-electron chi connectivity index (χ1n) is 8.77. The summed E-state index contributed by atoms with van der Waals surface area (Å²) in [5.41, 5.74) is 4.01. The molecule has 124 valence electrons. The fourth-order valence-corrected chi connectivity index (χ4v) is 4.73. The number of aromatic nitrogens is 2. The standard InChI is InChI=1S/C20H23N3S/c1-3-6-20-21-11-15-12-23(10-9-17(15)22-20)13-19-14(2)16-7-4-5-8-18(16)24-19/h4-5,7-8,11H,3,6,9-10,12-13H2,1-2H3. The van der Waals surface area contributed by atoms with Crippen LogP contribution in [0, 0.1) is 6.92 Å². The van der Waals surface area contributed by atoms with Crippen molar-refractivity contribution >= 4 is 21.4 Å². The predicted molar refractivity (Wildman–Crippen MR) is 100 cm³/mol. The van der Waals surface area contributed by atoms with Crippen LogP contribution in [0.15, 0.2) is 30.5 Å². The van der Waals surface area contributed by atoms with Crippen LogP contribution in [0.2, 0.25) is 0 Å². The Bertz CT molecular complexity index is 868. The highest BCUT2D eigenvalue weighted by molar-refractivity contribution is 7.19. The number of rotatable bonds is 4. The maximum atomic E-state index is 4.76. The van der Waals surface area contributed by atoms with E-state index in [0.717, 1.165) is 44.7 Å². The summed E-state index contributed by atoms with van der Waals surface area (Å²) in [5, 5.41) is 1.41. The van der Waals surface area contributed by atoms with Crippen molar-refractivity contribution in [3.8, 4) is 0 Å². The zero-order chi connectivity index (χ0) is 16.5. The fraction of sp³-hybridized carbons (Fsp3) is 0.400. The number of nitrogens with zero attached hydrogens (tertiary/aromatic N) is 3. The molecule has 0 N–H and O–H groups in total. The lowest BCUT2D eigenvalue weighted by Gasteiger charge is -2.27. The number of hydrogen-bond acceptors (Lipinski definition) is 4. The van der Waals surface area contributed by atoms with Crippen LogP contribution in [-0.2, 0) is 25.9 Å². The van der Waals surface area contributed by atoms with Crippen molar-refractivity contribution in [1.29, 1.82) is 0 Å². The van der Waals surface area contributed by atoms with Gasteiger partial charge < -0.3 is 0 Å². The fourth-order valence-electron chi connectivity index (χ4n) is 3.47. The van der Waals surface area contributed by atoms with Gasteiger partial charge in [0, 0.05) is 59.5 Å². The Morgan fingerprint density at radius 1 is 1.25 bits per heavy atom. The largest absolute Gasteiger partial charge is 0.293 e. The van der Waals surface area contributed by atoms with Crippen LogP contribution in [0.5, 0.6) is 0 Å². The smallest absolute Gasteiger partial charge is 0.128 e. The normalized spacial score (nSPS) is 14.9. The van der Waals surface area contributed by atoms with Crippen molar-refractivity contribution < 1.29 is 0 Å². The van der Waals surface area contributed by atoms with Gasteiger partial charge in [-0.2, -0.15) is 0 Å². The number of benzene rings is 1. The van der Waals surface area contributed by atoms with E-state index in [9.17, 15) is 0 Å². The molecule has 0 amide bonds. The van der Waals surface area contributed by atoms with E-state index in [4.69, 9.17) is 4.98 Å². The topological polar surface area (TPSA) is 29.0 Å². The van der Waals surface area contributed by atoms with Crippen molar-refractivity contribution in [2.45, 2.75) is 46.2 Å². The quantitative estimate of drug-likeness (QED) is 0.701. The van der Waals surface area contributed by atoms with Gasteiger partial charge in [-0.1, -0.05) is 25.1 Å². The molecular weight excluding hydrogens is 314 g/mol. The van der Waals surface area contributed by atoms with Gasteiger partial charge in [-0.15, -0.1) is 11.3 Å². The zero-order valence-electron chi connectivity index (χ0n) is 14.4. The lowest BCUT2D eigenvalue weighted by Crippen LogP contribution is -2.31. The molecule has 3 heterocycles. The first kappa shape index (κ1) is 15.7. The molecule has 0 saturated carbocycles. The Morgan fingerprint density at radius 3 is 2.96 bits per heavy atom. The van der Waals surface area contributed by atoms with Gasteiger partial charge in [-0.25, -0.2) is 9.97 Å². The van der Waals surface area contributed by atoms with E-state index in [2.05, 4.69) is 54.2 Å². The molecular formula is C20H23N3S. The highest BCUT2D eigenvalue weighted by Crippen LogP contribution is 2.32. The maximum absolute atomic E-state index is 4.76. The summed E-state index contributed by atoms with van der Waals surface area (Å²) in [5.74, 6) is 1.00. The molecule has 1 aliphatic rings. The molecule has 2 aromatic heterocycles. The van der Waals surface area contributed by atoms with Gasteiger partial charge in [-0.05, 0) is 30.4 Å². The highest BCUT2D eigenvalue weighted by atomic mass is 32.1. The Balaban J connectivity index is 1.53. The summed E-state index contributed by atoms with van der Waals surface area (Å²) in [7, 11) is 0. The summed E-state index contributed by atoms with van der Waals surface area (Å²) in [6.07, 6.45) is 5.18. The van der Waals surface area contributed by atoms with Crippen LogP contribution < -0.4 is 0 Å². The SMILES string of the molecule is CCCc1ncc2c(n1)CCN(Cc1sc3ccccc3c1C)C2. The van der Waals surface area contributed by atoms with Crippen LogP contribution in [0.3, 0.4) is 0 Å². The third-order valence-electron chi connectivity index (χ3n) is 4.85. The van der Waals surface area contributed by atoms with Crippen LogP contribution in [0.1, 0.15) is 40.9 Å². The Kier molecular flexibility index (Phi) is 4.33. The monoisotopic (exact) mass is 337 g/mol. The lowest BCUT2D eigenvalue weighted by atomic mass is 10.1. The molecule has 24 heavy (non-hydrogen) atoms. The molecule has 0 spiro atoms. The van der Waals surface area contributed by atoms with Crippen molar-refractivity contribution in [2.24, 2.45) is 0 Å². The minimum atomic E-state index is 0.968. The third-order valence-corrected chi connectivity index (χ3v) is 6.10. The number of thiophene rings is 1. The molecule has 0 fully saturated rings. The van der Waals surface area contributed by atoms with Gasteiger partial charge in [0.1, 0.15) is 5.82 Å². The summed E-state index contributed by atoms with van der Waals surface area (Å²) in [6.45, 7) is 7.52. The molecule has 0 aliphatic carbocycles. The average Bonchev–Trinajstić information content (AvgIpc) is 2.92. The molecule has 1 aliphatic heterocycles. The van der Waals surface area contributed by atoms with Crippen LogP contribution in [0.25, 0.3) is 10.1 Å². The molecule has 0 radical (unpaired) electrons. The second kappa shape index (κ2) is 6.61. The molecule has 0 bridgehead atoms. The highest BCUT2D eigenvalue weighted by Gasteiger charge is 2.20. The molecule has 4 heteroatoms. The van der Waals surface area contributed by atoms with E-state index in [1.807, 2.05) is 11.3 Å². The van der Waals surface area contributed by atoms with Gasteiger partial charge in [0.25, 0.3) is 0 Å². The second-order valence-corrected chi connectivity index (χ2v) is 7.75. The van der Waals surface area contributed by atoms with Crippen molar-refractivity contribution in [3.63, 3.8) is 0 Å². The van der Waals surface area contributed by atoms with E-state index < -0.39 is 0 Å². The molecule has 4 rings (SSSR count). The number of hydrogen-bond donors (Lipinski definition) is 0. The van der Waals surface area contributed by atoms with Crippen LogP contribution >= 0.6 is 11.3 Å². The minimum Gasteiger partial charge on any atom is -0.293 e. The number of fused-ring (bicyclic) bond motifs is 2. The Morgan fingerprint density at radius 2 is 2.12 bits per heavy atom. The van der Waals surface area contributed by atoms with Crippen LogP contribution in [0.4, 0.5) is 0 Å². The third kappa shape index (κ3) is 2.96. The van der Waals surface area contributed by atoms with Crippen molar-refractivity contribution in [2.75, 3.05) is 6.54 Å². The molecule has 0 saturated heterocycles. The summed E-state index contributed by atoms with van der Waals surface area (Å²) >= 11 is 1.93. The van der Waals surface area contributed by atoms with E-state index >= 15 is 0 Å². The van der Waals surface area contributed by atoms with Gasteiger partial charge in [-0.3, -0.25) is 4.90 Å². The van der Waals surface area contributed by atoms with E-state index in [1.165, 1.54) is 31.8 Å². The van der Waals surface area contributed by atoms with Gasteiger partial charge >= 0.3 is 0 Å². The lowest BCUT2D eigenvalue weighted by molar-refractivity contribution is 0.244. The first-order valence-corrected chi connectivity index (χ1v) is 9.59. The average molecular weight is 337 g/mol. The maximum Gasteiger partial charge on any atom is 0.128 e. The van der Waals surface area contributed by atoms with Gasteiger partial charge in [0.2, 0.25) is 0 Å². The summed E-state index contributed by atoms with van der Waals surface area (Å²) < 4.78 is 1.40. The molecule has 0 unspecified atom stereocenters. The molecule has 3 aromatic rings. The van der Waals surface area contributed by atoms with Crippen molar-refractivity contribution in [3.05, 3.63) is 58.0 Å². The second-order valence-electron chi connectivity index (χ2n) is 6.62. The summed E-state index contributed by atoms with van der Waals surface area (Å²) in [6, 6.07) is 8.73. The summed E-state index contributed by atoms with van der Waals surface area (Å²) in [4.78, 5) is 13.3. The first-order chi connectivity index (χ1) is 11.7. The van der Waals surface area contributed by atoms with Crippen molar-refractivity contribution in [1.82, 2.24) is 14.9 Å². The minimum absolute atomic E-state index is 0.968. The van der Waals surface area contributed by atoms with E-state index in [0.29, 0.717) is 0 Å². The van der Waals surface area contributed by atoms with Gasteiger partial charge in [0.15, 0.2) is 0 Å². The number of aryl methyl sites for hydroxylation is 2. The van der Waals surface area contributed by atoms with Gasteiger partial charge in [0.05, 0.1) is 0 Å².